The van der Waals surface area contributed by atoms with Gasteiger partial charge in [0.15, 0.2) is 0 Å². The second-order valence-electron chi connectivity index (χ2n) is 8.98. The first-order valence-corrected chi connectivity index (χ1v) is 12.1. The molecule has 0 nitrogen and oxygen atoms in total. The Hall–Kier alpha value is -0.430. The molecule has 0 bridgehead atoms. The van der Waals surface area contributed by atoms with Gasteiger partial charge in [0, 0.05) is 11.0 Å². The molecule has 0 heterocycles. The van der Waals surface area contributed by atoms with E-state index < -0.39 is 0 Å². The molecule has 0 aromatic rings. The van der Waals surface area contributed by atoms with Gasteiger partial charge >= 0.3 is 0 Å². The first kappa shape index (κ1) is 23.6. The largest absolute Gasteiger partial charge is 0.146 e. The van der Waals surface area contributed by atoms with Crippen LogP contribution in [-0.4, -0.2) is 11.0 Å². The van der Waals surface area contributed by atoms with E-state index in [1.807, 2.05) is 11.8 Å². The summed E-state index contributed by atoms with van der Waals surface area (Å²) in [5.41, 5.74) is 1.58. The molecule has 0 spiro atoms. The van der Waals surface area contributed by atoms with Crippen molar-refractivity contribution >= 4 is 11.8 Å². The molecule has 0 fully saturated rings. The lowest BCUT2D eigenvalue weighted by atomic mass is 9.91. The lowest BCUT2D eigenvalue weighted by Gasteiger charge is -2.15. The van der Waals surface area contributed by atoms with Crippen molar-refractivity contribution in [3.8, 4) is 0 Å². The van der Waals surface area contributed by atoms with Gasteiger partial charge in [-0.2, -0.15) is 0 Å². The molecule has 0 aromatic carbocycles. The predicted octanol–water partition coefficient (Wildman–Crippen LogP) is 8.60. The maximum Gasteiger partial charge on any atom is 0.0416 e. The molecule has 0 N–H and O–H groups in total. The maximum absolute atomic E-state index is 2.46. The molecule has 0 saturated heterocycles. The van der Waals surface area contributed by atoms with E-state index in [4.69, 9.17) is 0 Å². The van der Waals surface area contributed by atoms with Crippen LogP contribution in [0.4, 0.5) is 0 Å². The van der Waals surface area contributed by atoms with Crippen LogP contribution >= 0.6 is 11.8 Å². The van der Waals surface area contributed by atoms with Crippen molar-refractivity contribution < 1.29 is 0 Å². The van der Waals surface area contributed by atoms with Crippen LogP contribution in [0, 0.1) is 17.8 Å². The molecule has 2 atom stereocenters. The van der Waals surface area contributed by atoms with E-state index in [1.165, 1.54) is 57.8 Å². The second-order valence-corrected chi connectivity index (χ2v) is 10.2. The van der Waals surface area contributed by atoms with Gasteiger partial charge in [0.2, 0.25) is 0 Å². The highest BCUT2D eigenvalue weighted by Gasteiger charge is 2.07. The Morgan fingerprint density at radius 3 is 1.96 bits per heavy atom. The van der Waals surface area contributed by atoms with E-state index >= 15 is 0 Å². The van der Waals surface area contributed by atoms with Gasteiger partial charge in [-0.05, 0) is 37.5 Å². The van der Waals surface area contributed by atoms with Crippen LogP contribution in [0.3, 0.4) is 0 Å². The van der Waals surface area contributed by atoms with Crippen LogP contribution in [0.1, 0.15) is 92.4 Å². The Kier molecular flexibility index (Phi) is 13.3. The second kappa shape index (κ2) is 14.6. The molecule has 1 rings (SSSR count). The fourth-order valence-electron chi connectivity index (χ4n) is 3.63. The van der Waals surface area contributed by atoms with E-state index in [0.29, 0.717) is 5.25 Å². The molecule has 26 heavy (non-hydrogen) atoms. The molecular formula is C25H44S. The van der Waals surface area contributed by atoms with Crippen LogP contribution < -0.4 is 0 Å². The molecule has 1 heteroatoms. The van der Waals surface area contributed by atoms with Crippen molar-refractivity contribution in [2.75, 3.05) is 5.75 Å². The summed E-state index contributed by atoms with van der Waals surface area (Å²) in [6.07, 6.45) is 23.9. The Labute approximate surface area is 169 Å². The Morgan fingerprint density at radius 2 is 1.38 bits per heavy atom. The summed E-state index contributed by atoms with van der Waals surface area (Å²) < 4.78 is 0. The van der Waals surface area contributed by atoms with Gasteiger partial charge in [-0.25, -0.2) is 0 Å². The highest BCUT2D eigenvalue weighted by molar-refractivity contribution is 8.00. The van der Waals surface area contributed by atoms with Gasteiger partial charge < -0.3 is 0 Å². The van der Waals surface area contributed by atoms with Gasteiger partial charge in [0.1, 0.15) is 0 Å². The summed E-state index contributed by atoms with van der Waals surface area (Å²) in [5, 5.41) is 0.604. The van der Waals surface area contributed by atoms with E-state index in [0.717, 1.165) is 23.5 Å². The molecule has 1 aliphatic rings. The highest BCUT2D eigenvalue weighted by atomic mass is 32.2. The van der Waals surface area contributed by atoms with Gasteiger partial charge in [-0.1, -0.05) is 109 Å². The summed E-state index contributed by atoms with van der Waals surface area (Å²) in [4.78, 5) is 0. The van der Waals surface area contributed by atoms with Crippen molar-refractivity contribution in [1.82, 2.24) is 0 Å². The molecule has 0 saturated carbocycles. The lowest BCUT2D eigenvalue weighted by molar-refractivity contribution is 0.389. The van der Waals surface area contributed by atoms with E-state index in [1.54, 1.807) is 5.57 Å². The third-order valence-corrected chi connectivity index (χ3v) is 6.63. The van der Waals surface area contributed by atoms with Crippen LogP contribution in [0.2, 0.25) is 0 Å². The lowest BCUT2D eigenvalue weighted by Crippen LogP contribution is -2.00. The van der Waals surface area contributed by atoms with Crippen molar-refractivity contribution in [2.45, 2.75) is 97.7 Å². The average molecular weight is 377 g/mol. The van der Waals surface area contributed by atoms with Crippen molar-refractivity contribution in [1.29, 1.82) is 0 Å². The Balaban J connectivity index is 1.98. The van der Waals surface area contributed by atoms with Crippen LogP contribution in [-0.2, 0) is 0 Å². The van der Waals surface area contributed by atoms with Crippen molar-refractivity contribution in [3.05, 3.63) is 36.0 Å². The van der Waals surface area contributed by atoms with Gasteiger partial charge in [0.05, 0.1) is 0 Å². The standard InChI is InChI=1S/C25H44S/c1-21(2)11-8-12-22(3)13-9-14-23(4)15-10-16-24(5)19-20-26-25-17-6-7-18-25/h6-7,17-19,21-23,25H,8-16,20H2,1-5H3. The number of rotatable bonds is 15. The number of thioether (sulfide) groups is 1. The molecule has 0 aromatic heterocycles. The summed E-state index contributed by atoms with van der Waals surface area (Å²) in [6, 6.07) is 0. The van der Waals surface area contributed by atoms with E-state index in [-0.39, 0.29) is 0 Å². The zero-order valence-electron chi connectivity index (χ0n) is 18.2. The van der Waals surface area contributed by atoms with Crippen LogP contribution in [0.5, 0.6) is 0 Å². The summed E-state index contributed by atoms with van der Waals surface area (Å²) >= 11 is 2.02. The minimum Gasteiger partial charge on any atom is -0.146 e. The smallest absolute Gasteiger partial charge is 0.0416 e. The number of hydrogen-bond donors (Lipinski definition) is 0. The summed E-state index contributed by atoms with van der Waals surface area (Å²) in [5.74, 6) is 3.84. The Bertz CT molecular complexity index is 417. The van der Waals surface area contributed by atoms with E-state index in [2.05, 4.69) is 65.0 Å². The molecular weight excluding hydrogens is 332 g/mol. The first-order valence-electron chi connectivity index (χ1n) is 11.1. The fourth-order valence-corrected chi connectivity index (χ4v) is 4.64. The molecule has 0 radical (unpaired) electrons. The summed E-state index contributed by atoms with van der Waals surface area (Å²) in [7, 11) is 0. The first-order chi connectivity index (χ1) is 12.5. The highest BCUT2D eigenvalue weighted by Crippen LogP contribution is 2.23. The normalized spacial score (nSPS) is 17.4. The molecule has 1 aliphatic carbocycles. The number of hydrogen-bond acceptors (Lipinski definition) is 1. The zero-order chi connectivity index (χ0) is 19.2. The van der Waals surface area contributed by atoms with Crippen molar-refractivity contribution in [2.24, 2.45) is 17.8 Å². The molecule has 0 aliphatic heterocycles. The molecule has 2 unspecified atom stereocenters. The SMILES string of the molecule is CC(=CCSC1C=CC=C1)CCCC(C)CCCC(C)CCCC(C)C. The monoisotopic (exact) mass is 376 g/mol. The third kappa shape index (κ3) is 12.8. The zero-order valence-corrected chi connectivity index (χ0v) is 19.0. The van der Waals surface area contributed by atoms with E-state index in [9.17, 15) is 0 Å². The Morgan fingerprint density at radius 1 is 0.846 bits per heavy atom. The number of allylic oxidation sites excluding steroid dienone is 3. The minimum atomic E-state index is 0.604. The summed E-state index contributed by atoms with van der Waals surface area (Å²) in [6.45, 7) is 11.9. The van der Waals surface area contributed by atoms with Crippen molar-refractivity contribution in [3.63, 3.8) is 0 Å². The van der Waals surface area contributed by atoms with Crippen LogP contribution in [0.15, 0.2) is 36.0 Å². The van der Waals surface area contributed by atoms with Crippen LogP contribution in [0.25, 0.3) is 0 Å². The molecule has 150 valence electrons. The van der Waals surface area contributed by atoms with Gasteiger partial charge in [-0.3, -0.25) is 0 Å². The maximum atomic E-state index is 2.46. The quantitative estimate of drug-likeness (QED) is 0.258. The minimum absolute atomic E-state index is 0.604. The average Bonchev–Trinajstić information content (AvgIpc) is 3.08. The topological polar surface area (TPSA) is 0 Å². The van der Waals surface area contributed by atoms with Gasteiger partial charge in [-0.15, -0.1) is 11.8 Å². The van der Waals surface area contributed by atoms with Gasteiger partial charge in [0.25, 0.3) is 0 Å². The predicted molar refractivity (Wildman–Crippen MR) is 123 cm³/mol. The molecule has 0 amide bonds. The third-order valence-electron chi connectivity index (χ3n) is 5.57. The fraction of sp³-hybridized carbons (Fsp3) is 0.760.